The van der Waals surface area contributed by atoms with E-state index in [1.807, 2.05) is 6.07 Å². The second kappa shape index (κ2) is 5.98. The number of nitrogens with zero attached hydrogens (tertiary/aromatic N) is 1. The molecule has 2 aromatic carbocycles. The first-order chi connectivity index (χ1) is 9.79. The highest BCUT2D eigenvalue weighted by molar-refractivity contribution is 14.1. The second-order valence-corrected chi connectivity index (χ2v) is 7.24. The first-order valence-corrected chi connectivity index (χ1v) is 8.39. The summed E-state index contributed by atoms with van der Waals surface area (Å²) in [5.74, 6) is 0. The molecule has 0 amide bonds. The fraction of sp³-hybridized carbons (Fsp3) is 0.0769. The monoisotopic (exact) mass is 418 g/mol. The van der Waals surface area contributed by atoms with Gasteiger partial charge in [0, 0.05) is 15.7 Å². The maximum absolute atomic E-state index is 12.2. The molecule has 2 aromatic rings. The molecule has 2 rings (SSSR count). The molecule has 0 saturated carbocycles. The van der Waals surface area contributed by atoms with Crippen molar-refractivity contribution in [3.8, 4) is 0 Å². The zero-order valence-electron chi connectivity index (χ0n) is 10.9. The van der Waals surface area contributed by atoms with Crippen LogP contribution in [0.25, 0.3) is 0 Å². The highest BCUT2D eigenvalue weighted by Gasteiger charge is 2.16. The van der Waals surface area contributed by atoms with Crippen molar-refractivity contribution in [3.05, 3.63) is 61.7 Å². The van der Waals surface area contributed by atoms with Crippen molar-refractivity contribution in [3.63, 3.8) is 0 Å². The molecule has 0 unspecified atom stereocenters. The first kappa shape index (κ1) is 15.7. The number of nitrogens with one attached hydrogen (secondary N) is 1. The van der Waals surface area contributed by atoms with Crippen molar-refractivity contribution in [2.75, 3.05) is 4.72 Å². The molecule has 8 heteroatoms. The number of halogens is 1. The number of rotatable bonds is 4. The SMILES string of the molecule is Cc1cc(I)ccc1NS(=O)(=O)c1ccc([N+](=O)[O-])cc1. The molecule has 0 bridgehead atoms. The van der Waals surface area contributed by atoms with E-state index in [0.717, 1.165) is 21.3 Å². The smallest absolute Gasteiger partial charge is 0.269 e. The van der Waals surface area contributed by atoms with Gasteiger partial charge in [-0.1, -0.05) is 0 Å². The summed E-state index contributed by atoms with van der Waals surface area (Å²) >= 11 is 2.14. The maximum atomic E-state index is 12.2. The molecule has 110 valence electrons. The Bertz CT molecular complexity index is 788. The van der Waals surface area contributed by atoms with E-state index in [0.29, 0.717) is 5.69 Å². The van der Waals surface area contributed by atoms with Crippen molar-refractivity contribution in [2.45, 2.75) is 11.8 Å². The van der Waals surface area contributed by atoms with Gasteiger partial charge in [0.1, 0.15) is 0 Å². The van der Waals surface area contributed by atoms with Gasteiger partial charge in [-0.3, -0.25) is 14.8 Å². The normalized spacial score (nSPS) is 11.1. The van der Waals surface area contributed by atoms with E-state index in [9.17, 15) is 18.5 Å². The lowest BCUT2D eigenvalue weighted by Gasteiger charge is -2.10. The molecule has 0 fully saturated rings. The summed E-state index contributed by atoms with van der Waals surface area (Å²) in [5.41, 5.74) is 1.13. The number of non-ortho nitro benzene ring substituents is 1. The van der Waals surface area contributed by atoms with Crippen molar-refractivity contribution in [1.82, 2.24) is 0 Å². The number of anilines is 1. The Morgan fingerprint density at radius 1 is 1.14 bits per heavy atom. The third-order valence-electron chi connectivity index (χ3n) is 2.79. The summed E-state index contributed by atoms with van der Waals surface area (Å²) in [6, 6.07) is 10.1. The Hall–Kier alpha value is -1.68. The Balaban J connectivity index is 2.31. The largest absolute Gasteiger partial charge is 0.279 e. The molecule has 0 radical (unpaired) electrons. The van der Waals surface area contributed by atoms with Gasteiger partial charge < -0.3 is 0 Å². The van der Waals surface area contributed by atoms with Crippen LogP contribution < -0.4 is 4.72 Å². The van der Waals surface area contributed by atoms with Crippen LogP contribution >= 0.6 is 22.6 Å². The van der Waals surface area contributed by atoms with E-state index in [4.69, 9.17) is 0 Å². The molecule has 0 heterocycles. The number of nitro groups is 1. The van der Waals surface area contributed by atoms with Gasteiger partial charge in [0.05, 0.1) is 15.5 Å². The highest BCUT2D eigenvalue weighted by atomic mass is 127. The highest BCUT2D eigenvalue weighted by Crippen LogP contribution is 2.22. The van der Waals surface area contributed by atoms with Gasteiger partial charge in [0.15, 0.2) is 0 Å². The molecule has 0 atom stereocenters. The minimum atomic E-state index is -3.77. The molecule has 0 aromatic heterocycles. The molecule has 0 aliphatic carbocycles. The van der Waals surface area contributed by atoms with Crippen LogP contribution in [-0.2, 0) is 10.0 Å². The van der Waals surface area contributed by atoms with Crippen LogP contribution in [0.4, 0.5) is 11.4 Å². The molecule has 6 nitrogen and oxygen atoms in total. The zero-order valence-corrected chi connectivity index (χ0v) is 13.9. The van der Waals surface area contributed by atoms with Gasteiger partial charge in [-0.25, -0.2) is 8.42 Å². The average molecular weight is 418 g/mol. The summed E-state index contributed by atoms with van der Waals surface area (Å²) in [7, 11) is -3.77. The maximum Gasteiger partial charge on any atom is 0.269 e. The predicted octanol–water partition coefficient (Wildman–Crippen LogP) is 3.31. The van der Waals surface area contributed by atoms with Gasteiger partial charge in [-0.15, -0.1) is 0 Å². The second-order valence-electron chi connectivity index (χ2n) is 4.32. The van der Waals surface area contributed by atoms with Crippen LogP contribution in [0.3, 0.4) is 0 Å². The third kappa shape index (κ3) is 3.70. The molecule has 21 heavy (non-hydrogen) atoms. The lowest BCUT2D eigenvalue weighted by atomic mass is 10.2. The molecule has 0 aliphatic rings. The average Bonchev–Trinajstić information content (AvgIpc) is 2.42. The van der Waals surface area contributed by atoms with Gasteiger partial charge >= 0.3 is 0 Å². The first-order valence-electron chi connectivity index (χ1n) is 5.83. The minimum Gasteiger partial charge on any atom is -0.279 e. The van der Waals surface area contributed by atoms with Crippen LogP contribution in [0, 0.1) is 20.6 Å². The Morgan fingerprint density at radius 3 is 2.29 bits per heavy atom. The van der Waals surface area contributed by atoms with Gasteiger partial charge in [0.25, 0.3) is 15.7 Å². The Morgan fingerprint density at radius 2 is 1.76 bits per heavy atom. The topological polar surface area (TPSA) is 89.3 Å². The number of benzene rings is 2. The summed E-state index contributed by atoms with van der Waals surface area (Å²) in [4.78, 5) is 9.97. The number of sulfonamides is 1. The Kier molecular flexibility index (Phi) is 4.47. The summed E-state index contributed by atoms with van der Waals surface area (Å²) < 4.78 is 28.0. The number of aryl methyl sites for hydroxylation is 1. The standard InChI is InChI=1S/C13H11IN2O4S/c1-9-8-10(14)2-7-13(9)15-21(19,20)12-5-3-11(4-6-12)16(17)18/h2-8,15H,1H3. The van der Waals surface area contributed by atoms with Crippen molar-refractivity contribution >= 4 is 44.0 Å². The van der Waals surface area contributed by atoms with Crippen LogP contribution in [0.5, 0.6) is 0 Å². The molecular weight excluding hydrogens is 407 g/mol. The van der Waals surface area contributed by atoms with Crippen molar-refractivity contribution in [2.24, 2.45) is 0 Å². The number of nitro benzene ring substituents is 1. The van der Waals surface area contributed by atoms with E-state index in [1.165, 1.54) is 12.1 Å². The lowest BCUT2D eigenvalue weighted by molar-refractivity contribution is -0.384. The Labute approximate surface area is 135 Å². The van der Waals surface area contributed by atoms with Gasteiger partial charge in [-0.05, 0) is 65.4 Å². The van der Waals surface area contributed by atoms with Gasteiger partial charge in [-0.2, -0.15) is 0 Å². The predicted molar refractivity (Wildman–Crippen MR) is 87.8 cm³/mol. The minimum absolute atomic E-state index is 0.0222. The molecular formula is C13H11IN2O4S. The van der Waals surface area contributed by atoms with Gasteiger partial charge in [0.2, 0.25) is 0 Å². The third-order valence-corrected chi connectivity index (χ3v) is 4.84. The quantitative estimate of drug-likeness (QED) is 0.469. The van der Waals surface area contributed by atoms with E-state index < -0.39 is 14.9 Å². The lowest BCUT2D eigenvalue weighted by Crippen LogP contribution is -2.13. The molecule has 0 aliphatic heterocycles. The fourth-order valence-electron chi connectivity index (χ4n) is 1.69. The summed E-state index contributed by atoms with van der Waals surface area (Å²) in [6.07, 6.45) is 0. The van der Waals surface area contributed by atoms with E-state index in [-0.39, 0.29) is 10.6 Å². The van der Waals surface area contributed by atoms with E-state index >= 15 is 0 Å². The van der Waals surface area contributed by atoms with Crippen molar-refractivity contribution in [1.29, 1.82) is 0 Å². The van der Waals surface area contributed by atoms with E-state index in [2.05, 4.69) is 27.3 Å². The number of hydrogen-bond acceptors (Lipinski definition) is 4. The number of hydrogen-bond donors (Lipinski definition) is 1. The molecule has 0 spiro atoms. The van der Waals surface area contributed by atoms with Crippen LogP contribution in [0.2, 0.25) is 0 Å². The van der Waals surface area contributed by atoms with Crippen LogP contribution in [0.15, 0.2) is 47.4 Å². The molecule has 0 saturated heterocycles. The summed E-state index contributed by atoms with van der Waals surface area (Å²) in [5, 5.41) is 10.6. The van der Waals surface area contributed by atoms with Crippen LogP contribution in [-0.4, -0.2) is 13.3 Å². The molecule has 1 N–H and O–H groups in total. The fourth-order valence-corrected chi connectivity index (χ4v) is 3.47. The van der Waals surface area contributed by atoms with Crippen molar-refractivity contribution < 1.29 is 13.3 Å². The van der Waals surface area contributed by atoms with E-state index in [1.54, 1.807) is 19.1 Å². The summed E-state index contributed by atoms with van der Waals surface area (Å²) in [6.45, 7) is 1.80. The van der Waals surface area contributed by atoms with Crippen LogP contribution in [0.1, 0.15) is 5.56 Å². The zero-order chi connectivity index (χ0) is 15.6.